The maximum Gasteiger partial charge on any atom is 0.265 e. The van der Waals surface area contributed by atoms with E-state index in [2.05, 4.69) is 15.6 Å². The first kappa shape index (κ1) is 23.3. The average Bonchev–Trinajstić information content (AvgIpc) is 3.51. The second-order valence-electron chi connectivity index (χ2n) is 8.33. The Labute approximate surface area is 212 Å². The number of carbonyl (C=O) groups is 2. The molecule has 0 radical (unpaired) electrons. The maximum absolute atomic E-state index is 12.6. The van der Waals surface area contributed by atoms with Gasteiger partial charge in [-0.05, 0) is 64.9 Å². The largest absolute Gasteiger partial charge is 0.504 e. The lowest BCUT2D eigenvalue weighted by Crippen LogP contribution is -2.12. The molecular weight excluding hydrogens is 474 g/mol. The number of nitrogens with zero attached hydrogens (tertiary/aromatic N) is 1. The lowest BCUT2D eigenvalue weighted by Gasteiger charge is -2.09. The quantitative estimate of drug-likeness (QED) is 0.283. The number of hydrogen-bond acceptors (Lipinski definition) is 6. The van der Waals surface area contributed by atoms with Gasteiger partial charge in [-0.1, -0.05) is 30.3 Å². The van der Waals surface area contributed by atoms with Gasteiger partial charge in [-0.25, -0.2) is 0 Å². The van der Waals surface area contributed by atoms with Gasteiger partial charge in [0, 0.05) is 23.7 Å². The topological polar surface area (TPSA) is 100 Å². The predicted octanol–water partition coefficient (Wildman–Crippen LogP) is 5.74. The first-order valence-corrected chi connectivity index (χ1v) is 12.2. The summed E-state index contributed by atoms with van der Waals surface area (Å²) in [6.45, 7) is 0. The van der Waals surface area contributed by atoms with Crippen molar-refractivity contribution >= 4 is 46.4 Å². The molecule has 0 saturated carbocycles. The van der Waals surface area contributed by atoms with Gasteiger partial charge in [0.2, 0.25) is 5.91 Å². The number of hydrogen-bond donors (Lipinski definition) is 3. The molecule has 3 aromatic carbocycles. The molecule has 3 N–H and O–H groups in total. The van der Waals surface area contributed by atoms with Crippen molar-refractivity contribution in [1.82, 2.24) is 0 Å². The number of methoxy groups -OCH3 is 1. The Hall–Kier alpha value is -4.43. The van der Waals surface area contributed by atoms with Crippen molar-refractivity contribution in [2.75, 3.05) is 17.7 Å². The van der Waals surface area contributed by atoms with Crippen molar-refractivity contribution in [3.8, 4) is 11.5 Å². The predicted molar refractivity (Wildman–Crippen MR) is 142 cm³/mol. The van der Waals surface area contributed by atoms with E-state index in [1.54, 1.807) is 24.4 Å². The Kier molecular flexibility index (Phi) is 6.51. The molecule has 0 spiro atoms. The van der Waals surface area contributed by atoms with Gasteiger partial charge in [0.05, 0.1) is 17.7 Å². The molecule has 0 fully saturated rings. The molecule has 8 heteroatoms. The number of ether oxygens (including phenoxy) is 1. The van der Waals surface area contributed by atoms with E-state index in [9.17, 15) is 14.7 Å². The van der Waals surface area contributed by atoms with E-state index in [-0.39, 0.29) is 17.6 Å². The van der Waals surface area contributed by atoms with Crippen LogP contribution in [0.15, 0.2) is 83.2 Å². The van der Waals surface area contributed by atoms with Gasteiger partial charge in [0.25, 0.3) is 5.91 Å². The van der Waals surface area contributed by atoms with Gasteiger partial charge in [0.15, 0.2) is 11.5 Å². The van der Waals surface area contributed by atoms with E-state index >= 15 is 0 Å². The number of amides is 2. The highest BCUT2D eigenvalue weighted by molar-refractivity contribution is 7.12. The number of nitrogens with one attached hydrogen (secondary N) is 2. The summed E-state index contributed by atoms with van der Waals surface area (Å²) >= 11 is 1.40. The first-order chi connectivity index (χ1) is 17.5. The molecule has 36 heavy (non-hydrogen) atoms. The van der Waals surface area contributed by atoms with E-state index in [1.807, 2.05) is 53.9 Å². The Morgan fingerprint density at radius 1 is 1.11 bits per heavy atom. The van der Waals surface area contributed by atoms with E-state index in [0.717, 1.165) is 28.1 Å². The van der Waals surface area contributed by atoms with Crippen LogP contribution < -0.4 is 15.4 Å². The zero-order valence-corrected chi connectivity index (χ0v) is 20.2. The van der Waals surface area contributed by atoms with Gasteiger partial charge in [-0.2, -0.15) is 0 Å². The fourth-order valence-electron chi connectivity index (χ4n) is 4.11. The molecule has 1 unspecified atom stereocenters. The van der Waals surface area contributed by atoms with Crippen molar-refractivity contribution in [3.63, 3.8) is 0 Å². The van der Waals surface area contributed by atoms with E-state index in [1.165, 1.54) is 24.5 Å². The Balaban J connectivity index is 1.33. The number of thiophene rings is 1. The lowest BCUT2D eigenvalue weighted by molar-refractivity contribution is -0.115. The maximum atomic E-state index is 12.6. The van der Waals surface area contributed by atoms with Crippen LogP contribution in [0.3, 0.4) is 0 Å². The van der Waals surface area contributed by atoms with Gasteiger partial charge < -0.3 is 20.5 Å². The molecule has 0 aliphatic carbocycles. The zero-order chi connectivity index (χ0) is 25.1. The lowest BCUT2D eigenvalue weighted by atomic mass is 9.96. The molecule has 5 rings (SSSR count). The molecule has 1 aliphatic heterocycles. The summed E-state index contributed by atoms with van der Waals surface area (Å²) in [7, 11) is 1.48. The fraction of sp³-hybridized carbons (Fsp3) is 0.107. The van der Waals surface area contributed by atoms with Crippen molar-refractivity contribution in [2.45, 2.75) is 12.3 Å². The normalized spacial score (nSPS) is 14.5. The van der Waals surface area contributed by atoms with Crippen LogP contribution in [-0.2, 0) is 11.2 Å². The minimum atomic E-state index is -0.541. The number of aromatic hydroxyl groups is 1. The third-order valence-electron chi connectivity index (χ3n) is 5.86. The van der Waals surface area contributed by atoms with E-state index in [0.29, 0.717) is 22.7 Å². The van der Waals surface area contributed by atoms with Crippen LogP contribution in [0.25, 0.3) is 0 Å². The second kappa shape index (κ2) is 10.1. The zero-order valence-electron chi connectivity index (χ0n) is 19.4. The summed E-state index contributed by atoms with van der Waals surface area (Å²) < 4.78 is 5.06. The Morgan fingerprint density at radius 3 is 2.75 bits per heavy atom. The Bertz CT molecular complexity index is 1460. The summed E-state index contributed by atoms with van der Waals surface area (Å²) in [5.74, 6) is -0.476. The van der Waals surface area contributed by atoms with Gasteiger partial charge in [-0.3, -0.25) is 14.6 Å². The summed E-state index contributed by atoms with van der Waals surface area (Å²) in [6, 6.07) is 22.1. The van der Waals surface area contributed by atoms with E-state index in [4.69, 9.17) is 4.74 Å². The van der Waals surface area contributed by atoms with Crippen LogP contribution in [0.1, 0.15) is 32.3 Å². The van der Waals surface area contributed by atoms with Crippen LogP contribution in [-0.4, -0.2) is 30.2 Å². The molecule has 2 amide bonds. The molecule has 0 bridgehead atoms. The molecule has 0 saturated heterocycles. The van der Waals surface area contributed by atoms with Crippen molar-refractivity contribution in [2.24, 2.45) is 4.99 Å². The SMILES string of the molecule is COc1ccc(N=CC2C(=O)Nc3ccc(Cc4cccc(NC(=O)c5cccs5)c4)cc32)cc1O. The number of carbonyl (C=O) groups excluding carboxylic acids is 2. The number of phenolic OH excluding ortho intramolecular Hbond substituents is 1. The van der Waals surface area contributed by atoms with Crippen LogP contribution in [0.2, 0.25) is 0 Å². The molecule has 180 valence electrons. The molecule has 7 nitrogen and oxygen atoms in total. The first-order valence-electron chi connectivity index (χ1n) is 11.3. The number of rotatable bonds is 7. The molecule has 1 aliphatic rings. The summed E-state index contributed by atoms with van der Waals surface area (Å²) in [6.07, 6.45) is 2.23. The highest BCUT2D eigenvalue weighted by Crippen LogP contribution is 2.34. The highest BCUT2D eigenvalue weighted by atomic mass is 32.1. The smallest absolute Gasteiger partial charge is 0.265 e. The minimum absolute atomic E-state index is 0.0143. The Morgan fingerprint density at radius 2 is 1.97 bits per heavy atom. The van der Waals surface area contributed by atoms with Crippen molar-refractivity contribution in [3.05, 3.63) is 99.7 Å². The number of benzene rings is 3. The summed E-state index contributed by atoms with van der Waals surface area (Å²) in [5, 5.41) is 17.7. The van der Waals surface area contributed by atoms with Crippen molar-refractivity contribution < 1.29 is 19.4 Å². The molecule has 1 aromatic heterocycles. The number of phenols is 1. The van der Waals surface area contributed by atoms with Gasteiger partial charge >= 0.3 is 0 Å². The second-order valence-corrected chi connectivity index (χ2v) is 9.28. The minimum Gasteiger partial charge on any atom is -0.504 e. The third kappa shape index (κ3) is 4.99. The third-order valence-corrected chi connectivity index (χ3v) is 6.73. The van der Waals surface area contributed by atoms with Gasteiger partial charge in [-0.15, -0.1) is 11.3 Å². The summed E-state index contributed by atoms with van der Waals surface area (Å²) in [4.78, 5) is 30.1. The van der Waals surface area contributed by atoms with Crippen LogP contribution >= 0.6 is 11.3 Å². The average molecular weight is 498 g/mol. The standard InChI is InChI=1S/C28H23N3O4S/c1-35-25-10-8-19(15-24(25)32)29-16-22-21-14-18(7-9-23(21)31-27(22)33)12-17-4-2-5-20(13-17)30-28(34)26-6-3-11-36-26/h2-11,13-16,22,32H,12H2,1H3,(H,30,34)(H,31,33). The van der Waals surface area contributed by atoms with Crippen LogP contribution in [0.5, 0.6) is 11.5 Å². The molecule has 2 heterocycles. The van der Waals surface area contributed by atoms with E-state index < -0.39 is 5.92 Å². The molecule has 1 atom stereocenters. The molecule has 4 aromatic rings. The van der Waals surface area contributed by atoms with Gasteiger partial charge in [0.1, 0.15) is 5.92 Å². The number of aliphatic imine (C=N–C) groups is 1. The van der Waals surface area contributed by atoms with Crippen molar-refractivity contribution in [1.29, 1.82) is 0 Å². The van der Waals surface area contributed by atoms with Crippen LogP contribution in [0, 0.1) is 0 Å². The number of fused-ring (bicyclic) bond motifs is 1. The number of anilines is 2. The fourth-order valence-corrected chi connectivity index (χ4v) is 4.73. The summed E-state index contributed by atoms with van der Waals surface area (Å²) in [5.41, 5.74) is 4.93. The highest BCUT2D eigenvalue weighted by Gasteiger charge is 2.29. The van der Waals surface area contributed by atoms with Crippen LogP contribution in [0.4, 0.5) is 17.1 Å². The monoisotopic (exact) mass is 497 g/mol. The molecular formula is C28H23N3O4S.